The van der Waals surface area contributed by atoms with Crippen LogP contribution in [0.2, 0.25) is 0 Å². The molecule has 1 saturated heterocycles. The molecule has 0 atom stereocenters. The minimum Gasteiger partial charge on any atom is -0.496 e. The predicted octanol–water partition coefficient (Wildman–Crippen LogP) is 2.85. The minimum atomic E-state index is 0.444. The molecule has 0 aliphatic carbocycles. The molecule has 0 aromatic heterocycles. The van der Waals surface area contributed by atoms with Gasteiger partial charge in [-0.05, 0) is 48.1 Å². The van der Waals surface area contributed by atoms with Gasteiger partial charge in [0.05, 0.1) is 26.5 Å². The molecular weight excluding hydrogens is 360 g/mol. The first-order valence-corrected chi connectivity index (χ1v) is 9.27. The highest BCUT2D eigenvalue weighted by atomic mass is 32.1. The number of para-hydroxylation sites is 1. The highest BCUT2D eigenvalue weighted by Crippen LogP contribution is 2.21. The van der Waals surface area contributed by atoms with Gasteiger partial charge in [0.25, 0.3) is 0 Å². The summed E-state index contributed by atoms with van der Waals surface area (Å²) in [4.78, 5) is 2.36. The number of thiocarbonyl (C=S) groups is 1. The molecule has 2 N–H and O–H groups in total. The average Bonchev–Trinajstić information content (AvgIpc) is 2.70. The third-order valence-corrected chi connectivity index (χ3v) is 4.41. The van der Waals surface area contributed by atoms with Crippen molar-refractivity contribution in [2.75, 3.05) is 38.7 Å². The second-order valence-electron chi connectivity index (χ2n) is 6.15. The van der Waals surface area contributed by atoms with Crippen molar-refractivity contribution in [2.24, 2.45) is 5.10 Å². The Balaban J connectivity index is 1.59. The van der Waals surface area contributed by atoms with Crippen molar-refractivity contribution < 1.29 is 9.47 Å². The molecule has 0 bridgehead atoms. The smallest absolute Gasteiger partial charge is 0.191 e. The third kappa shape index (κ3) is 6.02. The third-order valence-electron chi connectivity index (χ3n) is 4.21. The van der Waals surface area contributed by atoms with E-state index in [0.29, 0.717) is 5.11 Å². The zero-order valence-corrected chi connectivity index (χ0v) is 16.2. The van der Waals surface area contributed by atoms with Crippen LogP contribution < -0.4 is 15.5 Å². The van der Waals surface area contributed by atoms with Crippen molar-refractivity contribution in [1.29, 1.82) is 0 Å². The number of methoxy groups -OCH3 is 1. The Labute approximate surface area is 165 Å². The number of hydrogen-bond donors (Lipinski definition) is 2. The van der Waals surface area contributed by atoms with Crippen LogP contribution in [0.5, 0.6) is 5.75 Å². The molecule has 1 aliphatic heterocycles. The molecule has 7 heteroatoms. The van der Waals surface area contributed by atoms with Crippen LogP contribution in [-0.2, 0) is 11.3 Å². The number of hydrogen-bond acceptors (Lipinski definition) is 5. The van der Waals surface area contributed by atoms with Gasteiger partial charge in [-0.15, -0.1) is 0 Å². The topological polar surface area (TPSA) is 58.1 Å². The van der Waals surface area contributed by atoms with Crippen molar-refractivity contribution >= 4 is 29.2 Å². The van der Waals surface area contributed by atoms with Crippen molar-refractivity contribution in [3.05, 3.63) is 59.7 Å². The molecule has 27 heavy (non-hydrogen) atoms. The van der Waals surface area contributed by atoms with Gasteiger partial charge < -0.3 is 14.8 Å². The number of anilines is 1. The van der Waals surface area contributed by atoms with Gasteiger partial charge >= 0.3 is 0 Å². The van der Waals surface area contributed by atoms with Crippen LogP contribution in [-0.4, -0.2) is 49.6 Å². The van der Waals surface area contributed by atoms with Gasteiger partial charge in [-0.2, -0.15) is 5.10 Å². The molecule has 0 amide bonds. The lowest BCUT2D eigenvalue weighted by Crippen LogP contribution is -2.35. The molecule has 2 aromatic rings. The summed E-state index contributed by atoms with van der Waals surface area (Å²) in [6.45, 7) is 4.25. The van der Waals surface area contributed by atoms with Gasteiger partial charge in [0.15, 0.2) is 5.11 Å². The van der Waals surface area contributed by atoms with Crippen LogP contribution in [0.3, 0.4) is 0 Å². The average molecular weight is 385 g/mol. The van der Waals surface area contributed by atoms with Crippen molar-refractivity contribution in [2.45, 2.75) is 6.54 Å². The molecule has 0 saturated carbocycles. The molecule has 142 valence electrons. The van der Waals surface area contributed by atoms with Gasteiger partial charge in [-0.3, -0.25) is 10.3 Å². The first-order valence-electron chi connectivity index (χ1n) is 8.87. The number of nitrogens with one attached hydrogen (secondary N) is 2. The largest absolute Gasteiger partial charge is 0.496 e. The zero-order chi connectivity index (χ0) is 18.9. The van der Waals surface area contributed by atoms with Gasteiger partial charge in [-0.1, -0.05) is 18.2 Å². The Morgan fingerprint density at radius 1 is 1.22 bits per heavy atom. The number of hydrazone groups is 1. The molecule has 6 nitrogen and oxygen atoms in total. The maximum absolute atomic E-state index is 5.50. The van der Waals surface area contributed by atoms with E-state index < -0.39 is 0 Å². The van der Waals surface area contributed by atoms with Crippen LogP contribution in [0.4, 0.5) is 5.69 Å². The molecule has 0 radical (unpaired) electrons. The molecule has 1 aliphatic rings. The van der Waals surface area contributed by atoms with Crippen LogP contribution in [0.15, 0.2) is 53.6 Å². The Bertz CT molecular complexity index is 777. The highest BCUT2D eigenvalue weighted by molar-refractivity contribution is 7.80. The maximum Gasteiger partial charge on any atom is 0.191 e. The fourth-order valence-electron chi connectivity index (χ4n) is 2.85. The number of ether oxygens (including phenoxy) is 2. The first-order chi connectivity index (χ1) is 13.2. The van der Waals surface area contributed by atoms with E-state index in [9.17, 15) is 0 Å². The SMILES string of the molecule is COc1ccc(/C=N\NC(=S)Nc2ccccc2)cc1CN1CCOCC1. The molecular formula is C20H24N4O2S. The van der Waals surface area contributed by atoms with Crippen molar-refractivity contribution in [3.63, 3.8) is 0 Å². The standard InChI is InChI=1S/C20H24N4O2S/c1-25-19-8-7-16(13-17(19)15-24-9-11-26-12-10-24)14-21-23-20(27)22-18-5-3-2-4-6-18/h2-8,13-14H,9-12,15H2,1H3,(H2,22,23,27)/b21-14-. The summed E-state index contributed by atoms with van der Waals surface area (Å²) in [6.07, 6.45) is 1.75. The van der Waals surface area contributed by atoms with Gasteiger partial charge in [0, 0.05) is 30.9 Å². The lowest BCUT2D eigenvalue weighted by Gasteiger charge is -2.27. The van der Waals surface area contributed by atoms with E-state index in [1.54, 1.807) is 13.3 Å². The minimum absolute atomic E-state index is 0.444. The first kappa shape index (κ1) is 19.3. The van der Waals surface area contributed by atoms with Crippen LogP contribution in [0, 0.1) is 0 Å². The van der Waals surface area contributed by atoms with Crippen LogP contribution >= 0.6 is 12.2 Å². The lowest BCUT2D eigenvalue weighted by molar-refractivity contribution is 0.0339. The van der Waals surface area contributed by atoms with E-state index in [0.717, 1.165) is 55.4 Å². The number of rotatable bonds is 6. The van der Waals surface area contributed by atoms with E-state index in [4.69, 9.17) is 21.7 Å². The fourth-order valence-corrected chi connectivity index (χ4v) is 3.02. The second-order valence-corrected chi connectivity index (χ2v) is 6.56. The highest BCUT2D eigenvalue weighted by Gasteiger charge is 2.13. The summed E-state index contributed by atoms with van der Waals surface area (Å²) in [7, 11) is 1.70. The number of benzene rings is 2. The maximum atomic E-state index is 5.50. The van der Waals surface area contributed by atoms with Gasteiger partial charge in [0.2, 0.25) is 0 Å². The summed E-state index contributed by atoms with van der Waals surface area (Å²) in [5.74, 6) is 0.882. The molecule has 1 heterocycles. The van der Waals surface area contributed by atoms with Gasteiger partial charge in [0.1, 0.15) is 5.75 Å². The fraction of sp³-hybridized carbons (Fsp3) is 0.300. The summed E-state index contributed by atoms with van der Waals surface area (Å²) in [5, 5.41) is 7.75. The monoisotopic (exact) mass is 384 g/mol. The summed E-state index contributed by atoms with van der Waals surface area (Å²) < 4.78 is 10.9. The van der Waals surface area contributed by atoms with Crippen molar-refractivity contribution in [1.82, 2.24) is 10.3 Å². The molecule has 0 spiro atoms. The predicted molar refractivity (Wildman–Crippen MR) is 112 cm³/mol. The Kier molecular flexibility index (Phi) is 7.15. The molecule has 2 aromatic carbocycles. The summed E-state index contributed by atoms with van der Waals surface area (Å²) in [5.41, 5.74) is 5.87. The second kappa shape index (κ2) is 10.0. The number of nitrogens with zero attached hydrogens (tertiary/aromatic N) is 2. The summed E-state index contributed by atoms with van der Waals surface area (Å²) >= 11 is 5.25. The van der Waals surface area contributed by atoms with E-state index >= 15 is 0 Å². The normalized spacial score (nSPS) is 14.9. The molecule has 3 rings (SSSR count). The van der Waals surface area contributed by atoms with E-state index in [1.807, 2.05) is 42.5 Å². The van der Waals surface area contributed by atoms with E-state index in [1.165, 1.54) is 0 Å². The molecule has 0 unspecified atom stereocenters. The number of morpholine rings is 1. The van der Waals surface area contributed by atoms with Gasteiger partial charge in [-0.25, -0.2) is 0 Å². The zero-order valence-electron chi connectivity index (χ0n) is 15.4. The Morgan fingerprint density at radius 2 is 2.00 bits per heavy atom. The lowest BCUT2D eigenvalue weighted by atomic mass is 10.1. The van der Waals surface area contributed by atoms with E-state index in [2.05, 4.69) is 26.8 Å². The van der Waals surface area contributed by atoms with Crippen molar-refractivity contribution in [3.8, 4) is 5.75 Å². The summed E-state index contributed by atoms with van der Waals surface area (Å²) in [6, 6.07) is 15.8. The molecule has 1 fully saturated rings. The quantitative estimate of drug-likeness (QED) is 0.454. The Hall–Kier alpha value is -2.48. The van der Waals surface area contributed by atoms with E-state index in [-0.39, 0.29) is 0 Å². The Morgan fingerprint density at radius 3 is 2.74 bits per heavy atom. The van der Waals surface area contributed by atoms with Crippen LogP contribution in [0.1, 0.15) is 11.1 Å². The van der Waals surface area contributed by atoms with Crippen LogP contribution in [0.25, 0.3) is 0 Å².